The number of rotatable bonds is 6. The summed E-state index contributed by atoms with van der Waals surface area (Å²) >= 11 is 5.52. The zero-order valence-corrected chi connectivity index (χ0v) is 18.6. The largest absolute Gasteiger partial charge is 0.506 e. The maximum absolute atomic E-state index is 10.3. The maximum atomic E-state index is 10.3. The molecule has 3 rings (SSSR count). The zero-order chi connectivity index (χ0) is 21.7. The number of nitrogens with one attached hydrogen (secondary N) is 2. The van der Waals surface area contributed by atoms with Crippen LogP contribution in [-0.4, -0.2) is 17.3 Å². The average molecular weight is 421 g/mol. The van der Waals surface area contributed by atoms with Crippen molar-refractivity contribution in [3.05, 3.63) is 72.3 Å². The van der Waals surface area contributed by atoms with E-state index < -0.39 is 0 Å². The van der Waals surface area contributed by atoms with Crippen molar-refractivity contribution in [2.45, 2.75) is 32.6 Å². The van der Waals surface area contributed by atoms with E-state index in [9.17, 15) is 5.11 Å². The van der Waals surface area contributed by atoms with Gasteiger partial charge in [0.2, 0.25) is 0 Å². The molecule has 0 atom stereocenters. The van der Waals surface area contributed by atoms with Gasteiger partial charge in [-0.3, -0.25) is 0 Å². The van der Waals surface area contributed by atoms with Gasteiger partial charge < -0.3 is 20.5 Å². The van der Waals surface area contributed by atoms with Gasteiger partial charge in [-0.05, 0) is 65.0 Å². The average Bonchev–Trinajstić information content (AvgIpc) is 2.75. The van der Waals surface area contributed by atoms with Gasteiger partial charge in [0.25, 0.3) is 0 Å². The van der Waals surface area contributed by atoms with Crippen LogP contribution in [0.15, 0.2) is 66.7 Å². The van der Waals surface area contributed by atoms with Crippen LogP contribution in [-0.2, 0) is 5.41 Å². The minimum Gasteiger partial charge on any atom is -0.506 e. The minimum absolute atomic E-state index is 0.00636. The van der Waals surface area contributed by atoms with Crippen molar-refractivity contribution in [1.82, 2.24) is 0 Å². The van der Waals surface area contributed by atoms with E-state index in [0.717, 1.165) is 28.8 Å². The number of ether oxygens (including phenoxy) is 1. The number of phenolic OH excluding ortho intramolecular Hbond substituents is 1. The first-order valence-electron chi connectivity index (χ1n) is 9.99. The molecule has 0 saturated heterocycles. The van der Waals surface area contributed by atoms with E-state index >= 15 is 0 Å². The number of methoxy groups -OCH3 is 1. The number of phenols is 1. The molecule has 0 fully saturated rings. The quantitative estimate of drug-likeness (QED) is 0.311. The number of hydrogen-bond donors (Lipinski definition) is 3. The number of anilines is 2. The van der Waals surface area contributed by atoms with Gasteiger partial charge in [-0.1, -0.05) is 63.2 Å². The van der Waals surface area contributed by atoms with Crippen molar-refractivity contribution in [1.29, 1.82) is 0 Å². The summed E-state index contributed by atoms with van der Waals surface area (Å²) in [7, 11) is 1.63. The van der Waals surface area contributed by atoms with E-state index in [1.807, 2.05) is 48.5 Å². The van der Waals surface area contributed by atoms with Crippen molar-refractivity contribution in [3.63, 3.8) is 0 Å². The summed E-state index contributed by atoms with van der Waals surface area (Å²) in [5, 5.41) is 17.0. The lowest BCUT2D eigenvalue weighted by Crippen LogP contribution is -2.21. The van der Waals surface area contributed by atoms with Crippen LogP contribution in [0.2, 0.25) is 0 Å². The van der Waals surface area contributed by atoms with E-state index in [4.69, 9.17) is 17.0 Å². The molecule has 30 heavy (non-hydrogen) atoms. The summed E-state index contributed by atoms with van der Waals surface area (Å²) in [6, 6.07) is 21.6. The third-order valence-corrected chi connectivity index (χ3v) is 5.67. The zero-order valence-electron chi connectivity index (χ0n) is 17.8. The van der Waals surface area contributed by atoms with Crippen LogP contribution < -0.4 is 15.4 Å². The van der Waals surface area contributed by atoms with Crippen LogP contribution in [0, 0.1) is 0 Å². The van der Waals surface area contributed by atoms with Crippen LogP contribution >= 0.6 is 12.2 Å². The van der Waals surface area contributed by atoms with Crippen molar-refractivity contribution in [3.8, 4) is 22.6 Å². The van der Waals surface area contributed by atoms with Gasteiger partial charge in [0.1, 0.15) is 11.5 Å². The van der Waals surface area contributed by atoms with Gasteiger partial charge >= 0.3 is 0 Å². The van der Waals surface area contributed by atoms with E-state index in [1.165, 1.54) is 0 Å². The van der Waals surface area contributed by atoms with Crippen molar-refractivity contribution >= 4 is 28.7 Å². The monoisotopic (exact) mass is 420 g/mol. The third-order valence-electron chi connectivity index (χ3n) is 5.46. The van der Waals surface area contributed by atoms with Crippen LogP contribution in [0.5, 0.6) is 11.5 Å². The standard InChI is InChI=1S/C25H28N2O2S/c1-5-25(2,3)19-12-13-22(28)20(16-19)26-24(30)27-21-15-18(11-14-23(21)29-4)17-9-7-6-8-10-17/h6-16,28H,5H2,1-4H3,(H2,26,27,30). The van der Waals surface area contributed by atoms with Crippen molar-refractivity contribution in [2.24, 2.45) is 0 Å². The molecule has 3 N–H and O–H groups in total. The molecule has 5 heteroatoms. The maximum Gasteiger partial charge on any atom is 0.175 e. The molecular weight excluding hydrogens is 392 g/mol. The predicted octanol–water partition coefficient (Wildman–Crippen LogP) is 6.56. The molecule has 3 aromatic carbocycles. The molecule has 0 aliphatic carbocycles. The number of hydrogen-bond acceptors (Lipinski definition) is 3. The first-order valence-corrected chi connectivity index (χ1v) is 10.4. The molecule has 0 spiro atoms. The summed E-state index contributed by atoms with van der Waals surface area (Å²) in [6.07, 6.45) is 0.989. The molecular formula is C25H28N2O2S. The lowest BCUT2D eigenvalue weighted by molar-refractivity contribution is 0.417. The SMILES string of the molecule is CCC(C)(C)c1ccc(O)c(NC(=S)Nc2cc(-c3ccccc3)ccc2OC)c1. The third kappa shape index (κ3) is 4.92. The summed E-state index contributed by atoms with van der Waals surface area (Å²) in [5.41, 5.74) is 4.62. The Morgan fingerprint density at radius 1 is 0.933 bits per heavy atom. The lowest BCUT2D eigenvalue weighted by atomic mass is 9.82. The highest BCUT2D eigenvalue weighted by molar-refractivity contribution is 7.80. The smallest absolute Gasteiger partial charge is 0.175 e. The predicted molar refractivity (Wildman–Crippen MR) is 130 cm³/mol. The van der Waals surface area contributed by atoms with Gasteiger partial charge in [-0.2, -0.15) is 0 Å². The highest BCUT2D eigenvalue weighted by atomic mass is 32.1. The Labute approximate surface area is 183 Å². The summed E-state index contributed by atoms with van der Waals surface area (Å²) < 4.78 is 5.49. The van der Waals surface area contributed by atoms with Crippen LogP contribution in [0.4, 0.5) is 11.4 Å². The molecule has 3 aromatic rings. The Bertz CT molecular complexity index is 1030. The van der Waals surface area contributed by atoms with Crippen LogP contribution in [0.3, 0.4) is 0 Å². The number of aromatic hydroxyl groups is 1. The first kappa shape index (κ1) is 21.7. The van der Waals surface area contributed by atoms with Crippen molar-refractivity contribution < 1.29 is 9.84 Å². The van der Waals surface area contributed by atoms with Gasteiger partial charge in [0.15, 0.2) is 5.11 Å². The first-order chi connectivity index (χ1) is 14.3. The molecule has 0 aliphatic rings. The van der Waals surface area contributed by atoms with E-state index in [1.54, 1.807) is 13.2 Å². The normalized spacial score (nSPS) is 11.1. The van der Waals surface area contributed by atoms with E-state index in [0.29, 0.717) is 16.5 Å². The summed E-state index contributed by atoms with van der Waals surface area (Å²) in [5.74, 6) is 0.837. The van der Waals surface area contributed by atoms with Crippen molar-refractivity contribution in [2.75, 3.05) is 17.7 Å². The Morgan fingerprint density at radius 2 is 1.63 bits per heavy atom. The second-order valence-electron chi connectivity index (χ2n) is 7.83. The molecule has 0 radical (unpaired) electrons. The molecule has 0 saturated carbocycles. The highest BCUT2D eigenvalue weighted by Crippen LogP contribution is 2.34. The fourth-order valence-corrected chi connectivity index (χ4v) is 3.37. The fraction of sp³-hybridized carbons (Fsp3) is 0.240. The Hall–Kier alpha value is -3.05. The molecule has 0 unspecified atom stereocenters. The molecule has 4 nitrogen and oxygen atoms in total. The Balaban J connectivity index is 1.84. The van der Waals surface area contributed by atoms with Gasteiger partial charge in [0, 0.05) is 0 Å². The molecule has 156 valence electrons. The molecule has 0 aliphatic heterocycles. The lowest BCUT2D eigenvalue weighted by Gasteiger charge is -2.24. The number of thiocarbonyl (C=S) groups is 1. The van der Waals surface area contributed by atoms with Crippen LogP contribution in [0.1, 0.15) is 32.8 Å². The second-order valence-corrected chi connectivity index (χ2v) is 8.24. The second kappa shape index (κ2) is 9.18. The van der Waals surface area contributed by atoms with Gasteiger partial charge in [-0.25, -0.2) is 0 Å². The van der Waals surface area contributed by atoms with Crippen LogP contribution in [0.25, 0.3) is 11.1 Å². The highest BCUT2D eigenvalue weighted by Gasteiger charge is 2.19. The van der Waals surface area contributed by atoms with E-state index in [2.05, 4.69) is 43.5 Å². The van der Waals surface area contributed by atoms with E-state index in [-0.39, 0.29) is 11.2 Å². The summed E-state index contributed by atoms with van der Waals surface area (Å²) in [6.45, 7) is 6.51. The Kier molecular flexibility index (Phi) is 6.63. The fourth-order valence-electron chi connectivity index (χ4n) is 3.15. The summed E-state index contributed by atoms with van der Waals surface area (Å²) in [4.78, 5) is 0. The van der Waals surface area contributed by atoms with Gasteiger partial charge in [0.05, 0.1) is 18.5 Å². The minimum atomic E-state index is 0.00636. The molecule has 0 bridgehead atoms. The Morgan fingerprint density at radius 3 is 2.30 bits per heavy atom. The molecule has 0 amide bonds. The van der Waals surface area contributed by atoms with Gasteiger partial charge in [-0.15, -0.1) is 0 Å². The molecule has 0 aromatic heterocycles. The number of benzene rings is 3. The molecule has 0 heterocycles. The topological polar surface area (TPSA) is 53.5 Å².